The maximum Gasteiger partial charge on any atom is 0.251 e. The van der Waals surface area contributed by atoms with Crippen LogP contribution >= 0.6 is 0 Å². The zero-order valence-electron chi connectivity index (χ0n) is 11.8. The van der Waals surface area contributed by atoms with Crippen molar-refractivity contribution in [1.29, 1.82) is 0 Å². The van der Waals surface area contributed by atoms with E-state index in [4.69, 9.17) is 0 Å². The second kappa shape index (κ2) is 6.24. The van der Waals surface area contributed by atoms with Crippen LogP contribution in [0.3, 0.4) is 0 Å². The summed E-state index contributed by atoms with van der Waals surface area (Å²) in [5, 5.41) is 12.5. The van der Waals surface area contributed by atoms with E-state index in [2.05, 4.69) is 24.4 Å². The van der Waals surface area contributed by atoms with Gasteiger partial charge in [0.15, 0.2) is 0 Å². The number of phenolic OH excluding ortho intramolecular Hbond substituents is 1. The van der Waals surface area contributed by atoms with Crippen molar-refractivity contribution in [3.05, 3.63) is 64.7 Å². The van der Waals surface area contributed by atoms with Crippen LogP contribution in [0.5, 0.6) is 5.75 Å². The topological polar surface area (TPSA) is 49.3 Å². The lowest BCUT2D eigenvalue weighted by molar-refractivity contribution is 0.0950. The molecule has 0 saturated heterocycles. The molecule has 0 unspecified atom stereocenters. The Hall–Kier alpha value is -2.29. The van der Waals surface area contributed by atoms with Crippen LogP contribution in [0.25, 0.3) is 0 Å². The van der Waals surface area contributed by atoms with E-state index >= 15 is 0 Å². The van der Waals surface area contributed by atoms with Crippen LogP contribution < -0.4 is 5.32 Å². The summed E-state index contributed by atoms with van der Waals surface area (Å²) >= 11 is 0. The minimum absolute atomic E-state index is 0.143. The molecular weight excluding hydrogens is 250 g/mol. The van der Waals surface area contributed by atoms with Crippen molar-refractivity contribution in [2.75, 3.05) is 0 Å². The highest BCUT2D eigenvalue weighted by Gasteiger charge is 2.10. The first-order valence-electron chi connectivity index (χ1n) is 6.76. The van der Waals surface area contributed by atoms with E-state index in [0.717, 1.165) is 12.0 Å². The smallest absolute Gasteiger partial charge is 0.251 e. The number of amides is 1. The van der Waals surface area contributed by atoms with Gasteiger partial charge in [-0.1, -0.05) is 37.3 Å². The largest absolute Gasteiger partial charge is 0.508 e. The molecule has 1 amide bonds. The van der Waals surface area contributed by atoms with Crippen LogP contribution in [0.15, 0.2) is 42.5 Å². The Morgan fingerprint density at radius 2 is 1.75 bits per heavy atom. The number of nitrogens with one attached hydrogen (secondary N) is 1. The predicted molar refractivity (Wildman–Crippen MR) is 79.8 cm³/mol. The third-order valence-electron chi connectivity index (χ3n) is 3.43. The highest BCUT2D eigenvalue weighted by atomic mass is 16.3. The average molecular weight is 269 g/mol. The second-order valence-corrected chi connectivity index (χ2v) is 4.80. The quantitative estimate of drug-likeness (QED) is 0.895. The maximum atomic E-state index is 12.1. The van der Waals surface area contributed by atoms with Crippen LogP contribution in [-0.2, 0) is 13.0 Å². The maximum absolute atomic E-state index is 12.1. The first-order chi connectivity index (χ1) is 9.61. The summed E-state index contributed by atoms with van der Waals surface area (Å²) in [7, 11) is 0. The lowest BCUT2D eigenvalue weighted by Gasteiger charge is -2.09. The van der Waals surface area contributed by atoms with Gasteiger partial charge in [-0.15, -0.1) is 0 Å². The molecule has 3 nitrogen and oxygen atoms in total. The first-order valence-corrected chi connectivity index (χ1v) is 6.76. The van der Waals surface area contributed by atoms with E-state index < -0.39 is 0 Å². The van der Waals surface area contributed by atoms with E-state index in [9.17, 15) is 9.90 Å². The Kier molecular flexibility index (Phi) is 4.41. The fourth-order valence-electron chi connectivity index (χ4n) is 2.04. The molecular formula is C17H19NO2. The summed E-state index contributed by atoms with van der Waals surface area (Å²) in [5.41, 5.74) is 3.46. The number of hydrogen-bond acceptors (Lipinski definition) is 2. The number of rotatable bonds is 4. The van der Waals surface area contributed by atoms with Crippen molar-refractivity contribution in [2.24, 2.45) is 0 Å². The molecule has 0 bridgehead atoms. The van der Waals surface area contributed by atoms with Crippen molar-refractivity contribution < 1.29 is 9.90 Å². The lowest BCUT2D eigenvalue weighted by atomic mass is 10.1. The van der Waals surface area contributed by atoms with Gasteiger partial charge in [0, 0.05) is 17.7 Å². The van der Waals surface area contributed by atoms with Crippen molar-refractivity contribution >= 4 is 5.91 Å². The molecule has 0 saturated carbocycles. The molecule has 0 aliphatic rings. The molecule has 3 heteroatoms. The van der Waals surface area contributed by atoms with E-state index in [0.29, 0.717) is 17.7 Å². The SMILES string of the molecule is CCc1ccc(CNC(=O)c2cccc(O)c2C)cc1. The molecule has 0 atom stereocenters. The van der Waals surface area contributed by atoms with Gasteiger partial charge in [-0.2, -0.15) is 0 Å². The molecule has 20 heavy (non-hydrogen) atoms. The summed E-state index contributed by atoms with van der Waals surface area (Å²) in [6.45, 7) is 4.33. The van der Waals surface area contributed by atoms with Gasteiger partial charge in [-0.3, -0.25) is 4.79 Å². The van der Waals surface area contributed by atoms with Gasteiger partial charge in [-0.25, -0.2) is 0 Å². The molecule has 2 aromatic carbocycles. The Labute approximate surface area is 119 Å². The fraction of sp³-hybridized carbons (Fsp3) is 0.235. The summed E-state index contributed by atoms with van der Waals surface area (Å²) in [4.78, 5) is 12.1. The molecule has 104 valence electrons. The van der Waals surface area contributed by atoms with Crippen LogP contribution in [-0.4, -0.2) is 11.0 Å². The summed E-state index contributed by atoms with van der Waals surface area (Å²) < 4.78 is 0. The Morgan fingerprint density at radius 3 is 2.40 bits per heavy atom. The number of carbonyl (C=O) groups excluding carboxylic acids is 1. The van der Waals surface area contributed by atoms with Crippen molar-refractivity contribution in [3.63, 3.8) is 0 Å². The van der Waals surface area contributed by atoms with E-state index in [1.54, 1.807) is 25.1 Å². The number of aromatic hydroxyl groups is 1. The summed E-state index contributed by atoms with van der Waals surface area (Å²) in [6, 6.07) is 13.2. The zero-order chi connectivity index (χ0) is 14.5. The standard InChI is InChI=1S/C17H19NO2/c1-3-13-7-9-14(10-8-13)11-18-17(20)15-5-4-6-16(19)12(15)2/h4-10,19H,3,11H2,1-2H3,(H,18,20). The van der Waals surface area contributed by atoms with Crippen molar-refractivity contribution in [2.45, 2.75) is 26.8 Å². The number of carbonyl (C=O) groups is 1. The van der Waals surface area contributed by atoms with Gasteiger partial charge in [-0.05, 0) is 36.6 Å². The van der Waals surface area contributed by atoms with Gasteiger partial charge in [0.25, 0.3) is 5.91 Å². The Bertz CT molecular complexity index is 603. The first kappa shape index (κ1) is 14.1. The normalized spacial score (nSPS) is 10.3. The van der Waals surface area contributed by atoms with Gasteiger partial charge in [0.1, 0.15) is 5.75 Å². The molecule has 0 radical (unpaired) electrons. The fourth-order valence-corrected chi connectivity index (χ4v) is 2.04. The highest BCUT2D eigenvalue weighted by Crippen LogP contribution is 2.19. The molecule has 0 heterocycles. The zero-order valence-corrected chi connectivity index (χ0v) is 11.8. The lowest BCUT2D eigenvalue weighted by Crippen LogP contribution is -2.23. The average Bonchev–Trinajstić information content (AvgIpc) is 2.48. The predicted octanol–water partition coefficient (Wildman–Crippen LogP) is 3.19. The number of benzene rings is 2. The third-order valence-corrected chi connectivity index (χ3v) is 3.43. The second-order valence-electron chi connectivity index (χ2n) is 4.80. The molecule has 0 aliphatic heterocycles. The van der Waals surface area contributed by atoms with Gasteiger partial charge < -0.3 is 10.4 Å². The van der Waals surface area contributed by atoms with Gasteiger partial charge in [0.2, 0.25) is 0 Å². The van der Waals surface area contributed by atoms with E-state index in [-0.39, 0.29) is 11.7 Å². The Morgan fingerprint density at radius 1 is 1.10 bits per heavy atom. The minimum atomic E-state index is -0.169. The summed E-state index contributed by atoms with van der Waals surface area (Å²) in [5.74, 6) is -0.0251. The molecule has 2 N–H and O–H groups in total. The van der Waals surface area contributed by atoms with Crippen LogP contribution in [0, 0.1) is 6.92 Å². The molecule has 0 aliphatic carbocycles. The molecule has 0 aromatic heterocycles. The molecule has 0 spiro atoms. The minimum Gasteiger partial charge on any atom is -0.508 e. The molecule has 2 aromatic rings. The summed E-state index contributed by atoms with van der Waals surface area (Å²) in [6.07, 6.45) is 1.01. The van der Waals surface area contributed by atoms with E-state index in [1.807, 2.05) is 12.1 Å². The van der Waals surface area contributed by atoms with Gasteiger partial charge in [0.05, 0.1) is 0 Å². The number of phenols is 1. The highest BCUT2D eigenvalue weighted by molar-refractivity contribution is 5.96. The van der Waals surface area contributed by atoms with E-state index in [1.165, 1.54) is 5.56 Å². The molecule has 2 rings (SSSR count). The molecule has 0 fully saturated rings. The van der Waals surface area contributed by atoms with Crippen molar-refractivity contribution in [3.8, 4) is 5.75 Å². The number of hydrogen-bond donors (Lipinski definition) is 2. The third kappa shape index (κ3) is 3.18. The Balaban J connectivity index is 2.02. The van der Waals surface area contributed by atoms with Crippen LogP contribution in [0.1, 0.15) is 34.0 Å². The number of aryl methyl sites for hydroxylation is 1. The van der Waals surface area contributed by atoms with Crippen molar-refractivity contribution in [1.82, 2.24) is 5.32 Å². The van der Waals surface area contributed by atoms with Crippen LogP contribution in [0.2, 0.25) is 0 Å². The monoisotopic (exact) mass is 269 g/mol. The van der Waals surface area contributed by atoms with Crippen LogP contribution in [0.4, 0.5) is 0 Å². The van der Waals surface area contributed by atoms with Gasteiger partial charge >= 0.3 is 0 Å².